The van der Waals surface area contributed by atoms with Gasteiger partial charge in [0, 0.05) is 27.2 Å². The van der Waals surface area contributed by atoms with Crippen LogP contribution in [0.15, 0.2) is 6.33 Å². The molecule has 2 heterocycles. The molecule has 20 heavy (non-hydrogen) atoms. The number of rotatable bonds is 5. The third kappa shape index (κ3) is 3.13. The van der Waals surface area contributed by atoms with E-state index < -0.39 is 4.92 Å². The van der Waals surface area contributed by atoms with E-state index in [-0.39, 0.29) is 11.5 Å². The van der Waals surface area contributed by atoms with Gasteiger partial charge in [-0.1, -0.05) is 0 Å². The Morgan fingerprint density at radius 2 is 2.40 bits per heavy atom. The molecule has 1 fully saturated rings. The van der Waals surface area contributed by atoms with Crippen LogP contribution in [0.3, 0.4) is 0 Å². The van der Waals surface area contributed by atoms with Crippen LogP contribution in [0, 0.1) is 16.0 Å². The van der Waals surface area contributed by atoms with Crippen molar-refractivity contribution in [2.75, 3.05) is 44.1 Å². The minimum Gasteiger partial charge on any atom is -0.381 e. The zero-order valence-electron chi connectivity index (χ0n) is 11.7. The number of hydrogen-bond donors (Lipinski definition) is 1. The Kier molecular flexibility index (Phi) is 4.67. The van der Waals surface area contributed by atoms with Gasteiger partial charge in [-0.3, -0.25) is 10.1 Å². The van der Waals surface area contributed by atoms with E-state index in [4.69, 9.17) is 4.74 Å². The van der Waals surface area contributed by atoms with E-state index >= 15 is 0 Å². The lowest BCUT2D eigenvalue weighted by Crippen LogP contribution is -2.31. The summed E-state index contributed by atoms with van der Waals surface area (Å²) in [4.78, 5) is 20.5. The lowest BCUT2D eigenvalue weighted by Gasteiger charge is -2.27. The van der Waals surface area contributed by atoms with E-state index in [1.54, 1.807) is 11.9 Å². The summed E-state index contributed by atoms with van der Waals surface area (Å²) in [6.07, 6.45) is 3.44. The quantitative estimate of drug-likeness (QED) is 0.642. The summed E-state index contributed by atoms with van der Waals surface area (Å²) in [5, 5.41) is 14.0. The number of anilines is 2. The van der Waals surface area contributed by atoms with Crippen molar-refractivity contribution in [3.05, 3.63) is 16.4 Å². The first kappa shape index (κ1) is 14.4. The Hall–Kier alpha value is -1.96. The SMILES string of the molecule is CNc1ncnc(N(C)CC2CCCOC2)c1[N+](=O)[O-]. The minimum absolute atomic E-state index is 0.0887. The zero-order valence-corrected chi connectivity index (χ0v) is 11.7. The van der Waals surface area contributed by atoms with Crippen molar-refractivity contribution in [1.29, 1.82) is 0 Å². The molecule has 1 aliphatic heterocycles. The number of aromatic nitrogens is 2. The van der Waals surface area contributed by atoms with Crippen LogP contribution in [0.5, 0.6) is 0 Å². The van der Waals surface area contributed by atoms with Crippen LogP contribution in [-0.2, 0) is 4.74 Å². The van der Waals surface area contributed by atoms with E-state index in [9.17, 15) is 10.1 Å². The van der Waals surface area contributed by atoms with Crippen LogP contribution >= 0.6 is 0 Å². The second-order valence-corrected chi connectivity index (χ2v) is 4.87. The fourth-order valence-corrected chi connectivity index (χ4v) is 2.43. The molecule has 0 aromatic carbocycles. The molecular formula is C12H19N5O3. The van der Waals surface area contributed by atoms with Gasteiger partial charge in [-0.15, -0.1) is 0 Å². The Bertz CT molecular complexity index is 476. The van der Waals surface area contributed by atoms with Crippen molar-refractivity contribution in [3.63, 3.8) is 0 Å². The lowest BCUT2D eigenvalue weighted by molar-refractivity contribution is -0.383. The molecule has 0 saturated carbocycles. The fraction of sp³-hybridized carbons (Fsp3) is 0.667. The maximum atomic E-state index is 11.2. The van der Waals surface area contributed by atoms with Gasteiger partial charge < -0.3 is 15.0 Å². The number of nitrogens with zero attached hydrogens (tertiary/aromatic N) is 4. The number of hydrogen-bond acceptors (Lipinski definition) is 7. The Morgan fingerprint density at radius 3 is 3.00 bits per heavy atom. The second kappa shape index (κ2) is 6.47. The minimum atomic E-state index is -0.449. The van der Waals surface area contributed by atoms with Crippen molar-refractivity contribution >= 4 is 17.3 Å². The normalized spacial score (nSPS) is 18.6. The molecule has 0 amide bonds. The second-order valence-electron chi connectivity index (χ2n) is 4.87. The van der Waals surface area contributed by atoms with E-state index in [2.05, 4.69) is 15.3 Å². The van der Waals surface area contributed by atoms with E-state index in [0.717, 1.165) is 19.4 Å². The predicted molar refractivity (Wildman–Crippen MR) is 75.0 cm³/mol. The lowest BCUT2D eigenvalue weighted by atomic mass is 10.0. The van der Waals surface area contributed by atoms with Crippen molar-refractivity contribution in [1.82, 2.24) is 9.97 Å². The molecule has 1 saturated heterocycles. The van der Waals surface area contributed by atoms with Crippen LogP contribution in [0.2, 0.25) is 0 Å². The maximum Gasteiger partial charge on any atom is 0.353 e. The van der Waals surface area contributed by atoms with Gasteiger partial charge in [0.05, 0.1) is 11.5 Å². The van der Waals surface area contributed by atoms with E-state index in [1.165, 1.54) is 6.33 Å². The van der Waals surface area contributed by atoms with Crippen molar-refractivity contribution in [2.45, 2.75) is 12.8 Å². The molecule has 0 spiro atoms. The van der Waals surface area contributed by atoms with E-state index in [1.807, 2.05) is 7.05 Å². The highest BCUT2D eigenvalue weighted by Crippen LogP contribution is 2.31. The standard InChI is InChI=1S/C12H19N5O3/c1-13-11-10(17(18)19)12(15-8-14-11)16(2)6-9-4-3-5-20-7-9/h8-9H,3-7H2,1-2H3,(H,13,14,15). The highest BCUT2D eigenvalue weighted by molar-refractivity contribution is 5.69. The summed E-state index contributed by atoms with van der Waals surface area (Å²) in [5.41, 5.74) is -0.0887. The van der Waals surface area contributed by atoms with Gasteiger partial charge in [0.2, 0.25) is 11.6 Å². The summed E-state index contributed by atoms with van der Waals surface area (Å²) in [6.45, 7) is 2.18. The molecule has 2 rings (SSSR count). The topological polar surface area (TPSA) is 93.4 Å². The molecule has 110 valence electrons. The van der Waals surface area contributed by atoms with Crippen LogP contribution in [-0.4, -0.2) is 48.7 Å². The molecule has 1 unspecified atom stereocenters. The fourth-order valence-electron chi connectivity index (χ4n) is 2.43. The van der Waals surface area contributed by atoms with Crippen LogP contribution in [0.25, 0.3) is 0 Å². The maximum absolute atomic E-state index is 11.2. The van der Waals surface area contributed by atoms with Gasteiger partial charge in [0.1, 0.15) is 6.33 Å². The largest absolute Gasteiger partial charge is 0.381 e. The molecule has 0 aliphatic carbocycles. The van der Waals surface area contributed by atoms with Gasteiger partial charge in [0.15, 0.2) is 0 Å². The number of ether oxygens (including phenoxy) is 1. The van der Waals surface area contributed by atoms with Crippen LogP contribution in [0.4, 0.5) is 17.3 Å². The van der Waals surface area contributed by atoms with Gasteiger partial charge in [0.25, 0.3) is 0 Å². The van der Waals surface area contributed by atoms with Crippen LogP contribution in [0.1, 0.15) is 12.8 Å². The molecule has 1 aromatic heterocycles. The molecule has 1 N–H and O–H groups in total. The van der Waals surface area contributed by atoms with Crippen molar-refractivity contribution < 1.29 is 9.66 Å². The molecule has 8 heteroatoms. The molecular weight excluding hydrogens is 262 g/mol. The summed E-state index contributed by atoms with van der Waals surface area (Å²) < 4.78 is 5.44. The molecule has 1 aliphatic rings. The molecule has 1 atom stereocenters. The third-order valence-electron chi connectivity index (χ3n) is 3.37. The average Bonchev–Trinajstić information content (AvgIpc) is 2.47. The average molecular weight is 281 g/mol. The van der Waals surface area contributed by atoms with Crippen molar-refractivity contribution in [3.8, 4) is 0 Å². The first-order chi connectivity index (χ1) is 9.63. The third-order valence-corrected chi connectivity index (χ3v) is 3.37. The van der Waals surface area contributed by atoms with Gasteiger partial charge in [-0.25, -0.2) is 9.97 Å². The smallest absolute Gasteiger partial charge is 0.353 e. The summed E-state index contributed by atoms with van der Waals surface area (Å²) in [5.74, 6) is 0.938. The Labute approximate surface area is 117 Å². The number of nitro groups is 1. The highest BCUT2D eigenvalue weighted by atomic mass is 16.6. The van der Waals surface area contributed by atoms with Gasteiger partial charge in [-0.05, 0) is 18.8 Å². The summed E-state index contributed by atoms with van der Waals surface area (Å²) in [6, 6.07) is 0. The highest BCUT2D eigenvalue weighted by Gasteiger charge is 2.26. The van der Waals surface area contributed by atoms with Crippen molar-refractivity contribution in [2.24, 2.45) is 5.92 Å². The Morgan fingerprint density at radius 1 is 1.60 bits per heavy atom. The zero-order chi connectivity index (χ0) is 14.5. The molecule has 0 bridgehead atoms. The van der Waals surface area contributed by atoms with Gasteiger partial charge >= 0.3 is 5.69 Å². The summed E-state index contributed by atoms with van der Waals surface area (Å²) in [7, 11) is 3.41. The first-order valence-electron chi connectivity index (χ1n) is 6.59. The Balaban J connectivity index is 2.19. The van der Waals surface area contributed by atoms with Gasteiger partial charge in [-0.2, -0.15) is 0 Å². The van der Waals surface area contributed by atoms with E-state index in [0.29, 0.717) is 24.9 Å². The summed E-state index contributed by atoms with van der Waals surface area (Å²) >= 11 is 0. The number of nitrogens with one attached hydrogen (secondary N) is 1. The van der Waals surface area contributed by atoms with Crippen LogP contribution < -0.4 is 10.2 Å². The monoisotopic (exact) mass is 281 g/mol. The first-order valence-corrected chi connectivity index (χ1v) is 6.59. The molecule has 8 nitrogen and oxygen atoms in total. The predicted octanol–water partition coefficient (Wildman–Crippen LogP) is 1.29. The molecule has 0 radical (unpaired) electrons. The molecule has 1 aromatic rings.